The third kappa shape index (κ3) is 6.19. The molecule has 51 heavy (non-hydrogen) atoms. The molecule has 0 amide bonds. The van der Waals surface area contributed by atoms with E-state index in [1.54, 1.807) is 57.7 Å². The number of hydrogen-bond acceptors (Lipinski definition) is 10. The summed E-state index contributed by atoms with van der Waals surface area (Å²) < 4.78 is 38.6. The van der Waals surface area contributed by atoms with Crippen LogP contribution in [0.5, 0.6) is 28.7 Å². The van der Waals surface area contributed by atoms with E-state index >= 15 is 0 Å². The van der Waals surface area contributed by atoms with Crippen LogP contribution in [0.4, 0.5) is 17.1 Å². The molecule has 0 spiro atoms. The standard InChI is InChI=1S/C41H33NO9/c1-45-29-16-14-28(15-17-29)42(26-10-6-24(7-11-26)32-22-34-36(48-4)18-30(46-2)20-38(34)50-40(32)43)27-12-8-25(9-13-27)33-23-35-37(49-5)19-31(47-3)21-39(35)51-41(33)44/h6-23H,1-5H3. The van der Waals surface area contributed by atoms with Crippen molar-refractivity contribution in [3.8, 4) is 51.0 Å². The van der Waals surface area contributed by atoms with Gasteiger partial charge in [-0.3, -0.25) is 0 Å². The van der Waals surface area contributed by atoms with Crippen molar-refractivity contribution in [1.29, 1.82) is 0 Å². The van der Waals surface area contributed by atoms with Gasteiger partial charge in [0.15, 0.2) is 0 Å². The Morgan fingerprint density at radius 1 is 0.431 bits per heavy atom. The highest BCUT2D eigenvalue weighted by Gasteiger charge is 2.18. The van der Waals surface area contributed by atoms with E-state index in [0.29, 0.717) is 67.2 Å². The van der Waals surface area contributed by atoms with Gasteiger partial charge < -0.3 is 37.4 Å². The fraction of sp³-hybridized carbons (Fsp3) is 0.122. The lowest BCUT2D eigenvalue weighted by molar-refractivity contribution is 0.395. The van der Waals surface area contributed by atoms with Crippen LogP contribution in [0.25, 0.3) is 44.2 Å². The Hall–Kier alpha value is -6.68. The van der Waals surface area contributed by atoms with Crippen LogP contribution in [0.1, 0.15) is 0 Å². The van der Waals surface area contributed by atoms with E-state index in [1.807, 2.05) is 72.8 Å². The highest BCUT2D eigenvalue weighted by Crippen LogP contribution is 2.39. The van der Waals surface area contributed by atoms with E-state index in [2.05, 4.69) is 4.90 Å². The molecule has 10 nitrogen and oxygen atoms in total. The second-order valence-corrected chi connectivity index (χ2v) is 11.5. The molecular weight excluding hydrogens is 650 g/mol. The molecule has 7 rings (SSSR count). The zero-order valence-electron chi connectivity index (χ0n) is 28.5. The van der Waals surface area contributed by atoms with Gasteiger partial charge >= 0.3 is 11.3 Å². The maximum Gasteiger partial charge on any atom is 0.344 e. The van der Waals surface area contributed by atoms with Crippen molar-refractivity contribution in [1.82, 2.24) is 0 Å². The van der Waals surface area contributed by atoms with Crippen LogP contribution in [0.15, 0.2) is 128 Å². The SMILES string of the molecule is COc1ccc(N(c2ccc(-c3cc4c(OC)cc(OC)cc4oc3=O)cc2)c2ccc(-c3cc4c(OC)cc(OC)cc4oc3=O)cc2)cc1. The molecule has 0 saturated heterocycles. The Morgan fingerprint density at radius 2 is 0.804 bits per heavy atom. The summed E-state index contributed by atoms with van der Waals surface area (Å²) in [5.74, 6) is 2.82. The number of benzene rings is 5. The lowest BCUT2D eigenvalue weighted by Crippen LogP contribution is -2.10. The van der Waals surface area contributed by atoms with Gasteiger partial charge in [-0.25, -0.2) is 9.59 Å². The van der Waals surface area contributed by atoms with E-state index in [0.717, 1.165) is 22.8 Å². The molecule has 256 valence electrons. The first-order chi connectivity index (χ1) is 24.8. The summed E-state index contributed by atoms with van der Waals surface area (Å²) in [5, 5.41) is 1.30. The first kappa shape index (κ1) is 32.8. The zero-order valence-corrected chi connectivity index (χ0v) is 28.5. The third-order valence-electron chi connectivity index (χ3n) is 8.69. The number of methoxy groups -OCH3 is 5. The lowest BCUT2D eigenvalue weighted by Gasteiger charge is -2.26. The van der Waals surface area contributed by atoms with E-state index in [-0.39, 0.29) is 0 Å². The molecule has 0 bridgehead atoms. The molecule has 0 N–H and O–H groups in total. The highest BCUT2D eigenvalue weighted by molar-refractivity contribution is 5.90. The summed E-state index contributed by atoms with van der Waals surface area (Å²) in [6, 6.07) is 33.2. The van der Waals surface area contributed by atoms with Crippen molar-refractivity contribution in [3.05, 3.63) is 130 Å². The van der Waals surface area contributed by atoms with Crippen molar-refractivity contribution in [2.75, 3.05) is 40.4 Å². The second-order valence-electron chi connectivity index (χ2n) is 11.5. The van der Waals surface area contributed by atoms with Gasteiger partial charge in [0, 0.05) is 41.3 Å². The van der Waals surface area contributed by atoms with Gasteiger partial charge in [-0.15, -0.1) is 0 Å². The van der Waals surface area contributed by atoms with Gasteiger partial charge in [0.25, 0.3) is 0 Å². The molecule has 0 radical (unpaired) electrons. The van der Waals surface area contributed by atoms with E-state index in [4.69, 9.17) is 32.5 Å². The minimum Gasteiger partial charge on any atom is -0.497 e. The number of nitrogens with zero attached hydrogens (tertiary/aromatic N) is 1. The fourth-order valence-electron chi connectivity index (χ4n) is 6.06. The molecule has 0 fully saturated rings. The Morgan fingerprint density at radius 3 is 1.16 bits per heavy atom. The van der Waals surface area contributed by atoms with Crippen LogP contribution in [-0.2, 0) is 0 Å². The fourth-order valence-corrected chi connectivity index (χ4v) is 6.06. The number of ether oxygens (including phenoxy) is 5. The van der Waals surface area contributed by atoms with Gasteiger partial charge in [-0.05, 0) is 71.8 Å². The Balaban J connectivity index is 1.28. The number of fused-ring (bicyclic) bond motifs is 2. The quantitative estimate of drug-likeness (QED) is 0.130. The molecule has 7 aromatic rings. The van der Waals surface area contributed by atoms with Crippen LogP contribution in [0.2, 0.25) is 0 Å². The van der Waals surface area contributed by atoms with Gasteiger partial charge in [-0.2, -0.15) is 0 Å². The summed E-state index contributed by atoms with van der Waals surface area (Å²) in [6.07, 6.45) is 0. The highest BCUT2D eigenvalue weighted by atomic mass is 16.5. The van der Waals surface area contributed by atoms with Crippen molar-refractivity contribution < 1.29 is 32.5 Å². The summed E-state index contributed by atoms with van der Waals surface area (Å²) >= 11 is 0. The molecule has 2 heterocycles. The molecule has 5 aromatic carbocycles. The Kier molecular flexibility index (Phi) is 8.81. The van der Waals surface area contributed by atoms with Gasteiger partial charge in [-0.1, -0.05) is 24.3 Å². The normalized spacial score (nSPS) is 11.0. The first-order valence-electron chi connectivity index (χ1n) is 15.9. The molecule has 10 heteroatoms. The van der Waals surface area contributed by atoms with E-state index in [1.165, 1.54) is 14.2 Å². The Bertz CT molecular complexity index is 2330. The van der Waals surface area contributed by atoms with Gasteiger partial charge in [0.2, 0.25) is 0 Å². The topological polar surface area (TPSA) is 110 Å². The zero-order chi connectivity index (χ0) is 35.6. The average Bonchev–Trinajstić information content (AvgIpc) is 3.17. The molecule has 0 aliphatic carbocycles. The van der Waals surface area contributed by atoms with Crippen LogP contribution < -0.4 is 39.8 Å². The van der Waals surface area contributed by atoms with Crippen molar-refractivity contribution >= 4 is 39.0 Å². The summed E-state index contributed by atoms with van der Waals surface area (Å²) in [6.45, 7) is 0. The minimum absolute atomic E-state index is 0.367. The first-order valence-corrected chi connectivity index (χ1v) is 15.9. The van der Waals surface area contributed by atoms with Crippen molar-refractivity contribution in [2.45, 2.75) is 0 Å². The predicted molar refractivity (Wildman–Crippen MR) is 197 cm³/mol. The monoisotopic (exact) mass is 683 g/mol. The van der Waals surface area contributed by atoms with E-state index in [9.17, 15) is 9.59 Å². The largest absolute Gasteiger partial charge is 0.497 e. The Labute approximate surface area is 292 Å². The third-order valence-corrected chi connectivity index (χ3v) is 8.69. The molecule has 2 aromatic heterocycles. The van der Waals surface area contributed by atoms with Crippen LogP contribution in [-0.4, -0.2) is 35.5 Å². The molecule has 0 saturated carbocycles. The predicted octanol–water partition coefficient (Wildman–Crippen LogP) is 8.75. The van der Waals surface area contributed by atoms with Crippen LogP contribution >= 0.6 is 0 Å². The number of hydrogen-bond donors (Lipinski definition) is 0. The number of anilines is 3. The van der Waals surface area contributed by atoms with Crippen LogP contribution in [0.3, 0.4) is 0 Å². The van der Waals surface area contributed by atoms with Gasteiger partial charge in [0.1, 0.15) is 39.9 Å². The summed E-state index contributed by atoms with van der Waals surface area (Å²) in [7, 11) is 7.81. The molecule has 0 atom stereocenters. The smallest absolute Gasteiger partial charge is 0.344 e. The minimum atomic E-state index is -0.483. The second kappa shape index (κ2) is 13.7. The molecule has 0 aliphatic heterocycles. The molecular formula is C41H33NO9. The maximum absolute atomic E-state index is 13.2. The van der Waals surface area contributed by atoms with Crippen molar-refractivity contribution in [3.63, 3.8) is 0 Å². The van der Waals surface area contributed by atoms with Gasteiger partial charge in [0.05, 0.1) is 57.4 Å². The van der Waals surface area contributed by atoms with Crippen molar-refractivity contribution in [2.24, 2.45) is 0 Å². The maximum atomic E-state index is 13.2. The molecule has 0 unspecified atom stereocenters. The van der Waals surface area contributed by atoms with Crippen LogP contribution in [0, 0.1) is 0 Å². The number of rotatable bonds is 10. The average molecular weight is 684 g/mol. The summed E-state index contributed by atoms with van der Waals surface area (Å²) in [5.41, 5.74) is 4.42. The molecule has 0 aliphatic rings. The van der Waals surface area contributed by atoms with E-state index < -0.39 is 11.3 Å². The lowest BCUT2D eigenvalue weighted by atomic mass is 10.0. The summed E-state index contributed by atoms with van der Waals surface area (Å²) in [4.78, 5) is 28.4.